The highest BCUT2D eigenvalue weighted by Crippen LogP contribution is 2.26. The van der Waals surface area contributed by atoms with Gasteiger partial charge in [-0.1, -0.05) is 11.6 Å². The van der Waals surface area contributed by atoms with Crippen molar-refractivity contribution in [1.82, 2.24) is 5.32 Å². The van der Waals surface area contributed by atoms with Crippen LogP contribution in [-0.4, -0.2) is 24.5 Å². The van der Waals surface area contributed by atoms with Gasteiger partial charge in [0.2, 0.25) is 5.91 Å². The lowest BCUT2D eigenvalue weighted by Gasteiger charge is -2.24. The van der Waals surface area contributed by atoms with Gasteiger partial charge in [-0.3, -0.25) is 4.79 Å². The molecular weight excluding hydrogens is 248 g/mol. The molecule has 0 unspecified atom stereocenters. The molecule has 0 saturated carbocycles. The first-order valence-electron chi connectivity index (χ1n) is 6.21. The monoisotopic (exact) mass is 266 g/mol. The summed E-state index contributed by atoms with van der Waals surface area (Å²) in [4.78, 5) is 14.2. The Morgan fingerprint density at radius 3 is 2.78 bits per heavy atom. The smallest absolute Gasteiger partial charge is 0.228 e. The number of benzene rings is 1. The Morgan fingerprint density at radius 2 is 2.11 bits per heavy atom. The van der Waals surface area contributed by atoms with Gasteiger partial charge >= 0.3 is 0 Å². The summed E-state index contributed by atoms with van der Waals surface area (Å²) in [6, 6.07) is 5.65. The van der Waals surface area contributed by atoms with E-state index in [9.17, 15) is 4.79 Å². The molecule has 1 amide bonds. The predicted molar refractivity (Wildman–Crippen MR) is 75.2 cm³/mol. The molecule has 0 aliphatic carbocycles. The minimum Gasteiger partial charge on any atom is -0.311 e. The molecule has 18 heavy (non-hydrogen) atoms. The first-order valence-corrected chi connectivity index (χ1v) is 6.58. The molecular formula is C14H19ClN2O. The van der Waals surface area contributed by atoms with Crippen LogP contribution in [0.25, 0.3) is 0 Å². The number of aryl methyl sites for hydroxylation is 1. The third-order valence-electron chi connectivity index (χ3n) is 3.28. The molecule has 0 radical (unpaired) electrons. The molecule has 0 spiro atoms. The van der Waals surface area contributed by atoms with Gasteiger partial charge in [-0.15, -0.1) is 0 Å². The molecule has 1 N–H and O–H groups in total. The van der Waals surface area contributed by atoms with Crippen LogP contribution < -0.4 is 10.2 Å². The van der Waals surface area contributed by atoms with Crippen molar-refractivity contribution < 1.29 is 4.79 Å². The minimum absolute atomic E-state index is 0.133. The fourth-order valence-corrected chi connectivity index (χ4v) is 2.57. The summed E-state index contributed by atoms with van der Waals surface area (Å²) in [5.41, 5.74) is 1.87. The molecule has 1 aromatic rings. The normalized spacial score (nSPS) is 19.8. The second kappa shape index (κ2) is 4.90. The second-order valence-electron chi connectivity index (χ2n) is 5.46. The highest BCUT2D eigenvalue weighted by molar-refractivity contribution is 6.30. The van der Waals surface area contributed by atoms with E-state index >= 15 is 0 Å². The van der Waals surface area contributed by atoms with E-state index in [1.54, 1.807) is 0 Å². The zero-order valence-corrected chi connectivity index (χ0v) is 11.8. The van der Waals surface area contributed by atoms with Crippen LogP contribution in [0.2, 0.25) is 5.02 Å². The van der Waals surface area contributed by atoms with Gasteiger partial charge in [0.1, 0.15) is 0 Å². The van der Waals surface area contributed by atoms with Gasteiger partial charge in [-0.05, 0) is 44.5 Å². The van der Waals surface area contributed by atoms with Gasteiger partial charge in [0.15, 0.2) is 0 Å². The fourth-order valence-electron chi connectivity index (χ4n) is 2.34. The maximum atomic E-state index is 12.3. The average molecular weight is 267 g/mol. The lowest BCUT2D eigenvalue weighted by Crippen LogP contribution is -2.39. The Kier molecular flexibility index (Phi) is 3.64. The van der Waals surface area contributed by atoms with Crippen LogP contribution in [-0.2, 0) is 4.79 Å². The van der Waals surface area contributed by atoms with Crippen molar-refractivity contribution in [2.45, 2.75) is 32.7 Å². The van der Waals surface area contributed by atoms with E-state index < -0.39 is 0 Å². The van der Waals surface area contributed by atoms with E-state index in [0.717, 1.165) is 17.8 Å². The van der Waals surface area contributed by atoms with Gasteiger partial charge in [-0.25, -0.2) is 0 Å². The third-order valence-corrected chi connectivity index (χ3v) is 3.52. The highest BCUT2D eigenvalue weighted by atomic mass is 35.5. The Hall–Kier alpha value is -1.06. The Labute approximate surface area is 113 Å². The molecule has 0 atom stereocenters. The highest BCUT2D eigenvalue weighted by Gasteiger charge is 2.29. The van der Waals surface area contributed by atoms with Gasteiger partial charge < -0.3 is 10.2 Å². The molecule has 2 rings (SSSR count). The standard InChI is InChI=1S/C14H19ClN2O/c1-10-8-11(15)4-5-12(10)17-7-6-16-14(2,3)9-13(17)18/h4-5,8,16H,6-7,9H2,1-3H3. The van der Waals surface area contributed by atoms with Crippen LogP contribution in [0.15, 0.2) is 18.2 Å². The topological polar surface area (TPSA) is 32.3 Å². The number of rotatable bonds is 1. The van der Waals surface area contributed by atoms with Crippen molar-refractivity contribution >= 4 is 23.2 Å². The fraction of sp³-hybridized carbons (Fsp3) is 0.500. The van der Waals surface area contributed by atoms with Crippen LogP contribution in [0.4, 0.5) is 5.69 Å². The number of nitrogens with one attached hydrogen (secondary N) is 1. The molecule has 3 nitrogen and oxygen atoms in total. The largest absolute Gasteiger partial charge is 0.311 e. The number of nitrogens with zero attached hydrogens (tertiary/aromatic N) is 1. The second-order valence-corrected chi connectivity index (χ2v) is 5.90. The number of carbonyl (C=O) groups excluding carboxylic acids is 1. The molecule has 1 fully saturated rings. The number of carbonyl (C=O) groups is 1. The predicted octanol–water partition coefficient (Wildman–Crippen LogP) is 2.75. The van der Waals surface area contributed by atoms with Crippen molar-refractivity contribution in [2.75, 3.05) is 18.0 Å². The Balaban J connectivity index is 2.30. The average Bonchev–Trinajstić information content (AvgIpc) is 2.36. The van der Waals surface area contributed by atoms with Gasteiger partial charge in [0.05, 0.1) is 0 Å². The van der Waals surface area contributed by atoms with E-state index in [0.29, 0.717) is 18.0 Å². The van der Waals surface area contributed by atoms with Crippen molar-refractivity contribution in [3.63, 3.8) is 0 Å². The van der Waals surface area contributed by atoms with Crippen LogP contribution in [0.5, 0.6) is 0 Å². The summed E-state index contributed by atoms with van der Waals surface area (Å²) in [7, 11) is 0. The third kappa shape index (κ3) is 2.85. The summed E-state index contributed by atoms with van der Waals surface area (Å²) in [5.74, 6) is 0.162. The zero-order chi connectivity index (χ0) is 13.3. The van der Waals surface area contributed by atoms with E-state index in [4.69, 9.17) is 11.6 Å². The first-order chi connectivity index (χ1) is 8.39. The van der Waals surface area contributed by atoms with Crippen LogP contribution in [0.3, 0.4) is 0 Å². The van der Waals surface area contributed by atoms with Crippen molar-refractivity contribution in [3.8, 4) is 0 Å². The van der Waals surface area contributed by atoms with Gasteiger partial charge in [-0.2, -0.15) is 0 Å². The van der Waals surface area contributed by atoms with E-state index in [-0.39, 0.29) is 11.4 Å². The number of anilines is 1. The molecule has 1 aromatic carbocycles. The minimum atomic E-state index is -0.133. The summed E-state index contributed by atoms with van der Waals surface area (Å²) < 4.78 is 0. The molecule has 98 valence electrons. The first kappa shape index (κ1) is 13.4. The van der Waals surface area contributed by atoms with Crippen molar-refractivity contribution in [3.05, 3.63) is 28.8 Å². The SMILES string of the molecule is Cc1cc(Cl)ccc1N1CCNC(C)(C)CC1=O. The Morgan fingerprint density at radius 1 is 1.39 bits per heavy atom. The molecule has 1 aliphatic rings. The number of hydrogen-bond acceptors (Lipinski definition) is 2. The van der Waals surface area contributed by atoms with Crippen molar-refractivity contribution in [2.24, 2.45) is 0 Å². The number of halogens is 1. The molecule has 1 heterocycles. The van der Waals surface area contributed by atoms with Gasteiger partial charge in [0.25, 0.3) is 0 Å². The summed E-state index contributed by atoms with van der Waals surface area (Å²) in [5, 5.41) is 4.10. The van der Waals surface area contributed by atoms with Gasteiger partial charge in [0, 0.05) is 35.8 Å². The summed E-state index contributed by atoms with van der Waals surface area (Å²) >= 11 is 5.95. The molecule has 4 heteroatoms. The lowest BCUT2D eigenvalue weighted by molar-refractivity contribution is -0.119. The summed E-state index contributed by atoms with van der Waals surface area (Å²) in [6.07, 6.45) is 0.509. The summed E-state index contributed by atoms with van der Waals surface area (Å²) in [6.45, 7) is 7.61. The number of hydrogen-bond donors (Lipinski definition) is 1. The maximum Gasteiger partial charge on any atom is 0.228 e. The van der Waals surface area contributed by atoms with E-state index in [1.165, 1.54) is 0 Å². The molecule has 1 aliphatic heterocycles. The Bertz CT molecular complexity index is 471. The quantitative estimate of drug-likeness (QED) is 0.848. The van der Waals surface area contributed by atoms with Crippen LogP contribution in [0, 0.1) is 6.92 Å². The zero-order valence-electron chi connectivity index (χ0n) is 11.1. The van der Waals surface area contributed by atoms with Crippen molar-refractivity contribution in [1.29, 1.82) is 0 Å². The molecule has 1 saturated heterocycles. The van der Waals surface area contributed by atoms with Crippen LogP contribution in [0.1, 0.15) is 25.8 Å². The maximum absolute atomic E-state index is 12.3. The molecule has 0 bridgehead atoms. The van der Waals surface area contributed by atoms with Crippen LogP contribution >= 0.6 is 11.6 Å². The van der Waals surface area contributed by atoms with E-state index in [2.05, 4.69) is 19.2 Å². The lowest BCUT2D eigenvalue weighted by atomic mass is 10.0. The van der Waals surface area contributed by atoms with E-state index in [1.807, 2.05) is 30.0 Å². The molecule has 0 aromatic heterocycles. The number of amides is 1.